The summed E-state index contributed by atoms with van der Waals surface area (Å²) in [6, 6.07) is 10.2. The van der Waals surface area contributed by atoms with Crippen molar-refractivity contribution in [2.45, 2.75) is 58.5 Å². The van der Waals surface area contributed by atoms with Gasteiger partial charge < -0.3 is 5.73 Å². The highest BCUT2D eigenvalue weighted by Gasteiger charge is 2.29. The van der Waals surface area contributed by atoms with Gasteiger partial charge in [-0.05, 0) is 49.8 Å². The Morgan fingerprint density at radius 1 is 1.30 bits per heavy atom. The van der Waals surface area contributed by atoms with Crippen LogP contribution in [0.25, 0.3) is 0 Å². The highest BCUT2D eigenvalue weighted by atomic mass is 15.2. The van der Waals surface area contributed by atoms with Crippen molar-refractivity contribution in [2.75, 3.05) is 13.1 Å². The average molecular weight is 274 g/mol. The molecule has 0 bridgehead atoms. The van der Waals surface area contributed by atoms with E-state index in [1.54, 1.807) is 0 Å². The number of nitrogens with zero attached hydrogens (tertiary/aromatic N) is 1. The smallest absolute Gasteiger partial charge is 0.0323 e. The first-order chi connectivity index (χ1) is 9.65. The molecular weight excluding hydrogens is 244 g/mol. The van der Waals surface area contributed by atoms with E-state index in [2.05, 4.69) is 49.9 Å². The van der Waals surface area contributed by atoms with E-state index in [0.29, 0.717) is 12.1 Å². The molecule has 0 amide bonds. The molecule has 2 N–H and O–H groups in total. The van der Waals surface area contributed by atoms with Crippen LogP contribution in [-0.2, 0) is 6.42 Å². The van der Waals surface area contributed by atoms with Gasteiger partial charge >= 0.3 is 0 Å². The van der Waals surface area contributed by atoms with Gasteiger partial charge in [0.25, 0.3) is 0 Å². The number of hydrogen-bond acceptors (Lipinski definition) is 2. The van der Waals surface area contributed by atoms with Crippen LogP contribution < -0.4 is 5.73 Å². The minimum Gasteiger partial charge on any atom is -0.329 e. The van der Waals surface area contributed by atoms with Crippen LogP contribution in [0.4, 0.5) is 0 Å². The van der Waals surface area contributed by atoms with E-state index < -0.39 is 0 Å². The van der Waals surface area contributed by atoms with Crippen molar-refractivity contribution in [1.29, 1.82) is 0 Å². The van der Waals surface area contributed by atoms with Gasteiger partial charge in [-0.2, -0.15) is 0 Å². The van der Waals surface area contributed by atoms with Gasteiger partial charge in [0.1, 0.15) is 0 Å². The molecule has 1 aromatic rings. The molecule has 0 spiro atoms. The normalized spacial score (nSPS) is 25.6. The van der Waals surface area contributed by atoms with Crippen molar-refractivity contribution in [2.24, 2.45) is 11.7 Å². The molecule has 20 heavy (non-hydrogen) atoms. The summed E-state index contributed by atoms with van der Waals surface area (Å²) in [7, 11) is 0. The highest BCUT2D eigenvalue weighted by Crippen LogP contribution is 2.30. The molecule has 3 atom stereocenters. The molecule has 2 heteroatoms. The van der Waals surface area contributed by atoms with Gasteiger partial charge in [0.05, 0.1) is 0 Å². The van der Waals surface area contributed by atoms with Crippen LogP contribution in [0, 0.1) is 5.92 Å². The fraction of sp³-hybridized carbons (Fsp3) is 0.667. The zero-order valence-electron chi connectivity index (χ0n) is 13.3. The summed E-state index contributed by atoms with van der Waals surface area (Å²) in [5, 5.41) is 0. The summed E-state index contributed by atoms with van der Waals surface area (Å²) in [6.07, 6.45) is 4.94. The summed E-state index contributed by atoms with van der Waals surface area (Å²) in [5.74, 6) is 0.818. The van der Waals surface area contributed by atoms with E-state index in [-0.39, 0.29) is 0 Å². The van der Waals surface area contributed by atoms with Gasteiger partial charge in [0, 0.05) is 18.6 Å². The molecule has 1 aliphatic heterocycles. The van der Waals surface area contributed by atoms with Crippen LogP contribution in [0.5, 0.6) is 0 Å². The lowest BCUT2D eigenvalue weighted by molar-refractivity contribution is 0.0834. The number of aryl methyl sites for hydroxylation is 1. The van der Waals surface area contributed by atoms with Gasteiger partial charge in [-0.1, -0.05) is 44.5 Å². The van der Waals surface area contributed by atoms with Gasteiger partial charge in [0.2, 0.25) is 0 Å². The zero-order chi connectivity index (χ0) is 14.5. The fourth-order valence-corrected chi connectivity index (χ4v) is 3.45. The van der Waals surface area contributed by atoms with Crippen LogP contribution in [-0.4, -0.2) is 24.0 Å². The van der Waals surface area contributed by atoms with Crippen molar-refractivity contribution in [1.82, 2.24) is 4.90 Å². The second-order valence-corrected chi connectivity index (χ2v) is 6.42. The Morgan fingerprint density at radius 3 is 2.60 bits per heavy atom. The molecule has 2 rings (SSSR count). The molecule has 1 aliphatic rings. The van der Waals surface area contributed by atoms with Gasteiger partial charge in [-0.25, -0.2) is 0 Å². The second kappa shape index (κ2) is 7.24. The Labute approximate surface area is 124 Å². The predicted octanol–water partition coefficient (Wildman–Crippen LogP) is 3.76. The quantitative estimate of drug-likeness (QED) is 0.886. The van der Waals surface area contributed by atoms with E-state index in [0.717, 1.165) is 12.5 Å². The van der Waals surface area contributed by atoms with Crippen LogP contribution in [0.3, 0.4) is 0 Å². The standard InChI is InChI=1S/C18H30N2/c1-4-5-16-6-8-17(9-7-16)15(3)20-11-10-14(2)12-18(20)13-19/h6-9,14-15,18H,4-5,10-13,19H2,1-3H3. The number of benzene rings is 1. The molecule has 1 fully saturated rings. The van der Waals surface area contributed by atoms with Crippen molar-refractivity contribution in [3.8, 4) is 0 Å². The number of hydrogen-bond donors (Lipinski definition) is 1. The molecule has 1 saturated heterocycles. The first-order valence-electron chi connectivity index (χ1n) is 8.20. The van der Waals surface area contributed by atoms with E-state index in [4.69, 9.17) is 5.73 Å². The zero-order valence-corrected chi connectivity index (χ0v) is 13.3. The Balaban J connectivity index is 2.07. The van der Waals surface area contributed by atoms with Gasteiger partial charge in [-0.15, -0.1) is 0 Å². The summed E-state index contributed by atoms with van der Waals surface area (Å²) < 4.78 is 0. The third-order valence-corrected chi connectivity index (χ3v) is 4.79. The van der Waals surface area contributed by atoms with E-state index in [1.165, 1.54) is 43.4 Å². The van der Waals surface area contributed by atoms with E-state index in [9.17, 15) is 0 Å². The molecule has 0 aliphatic carbocycles. The lowest BCUT2D eigenvalue weighted by atomic mass is 9.90. The summed E-state index contributed by atoms with van der Waals surface area (Å²) >= 11 is 0. The lowest BCUT2D eigenvalue weighted by Gasteiger charge is -2.42. The van der Waals surface area contributed by atoms with Crippen molar-refractivity contribution < 1.29 is 0 Å². The minimum absolute atomic E-state index is 0.478. The van der Waals surface area contributed by atoms with Gasteiger partial charge in [0.15, 0.2) is 0 Å². The lowest BCUT2D eigenvalue weighted by Crippen LogP contribution is -2.47. The Bertz CT molecular complexity index is 398. The molecular formula is C18H30N2. The summed E-state index contributed by atoms with van der Waals surface area (Å²) in [5.41, 5.74) is 8.87. The van der Waals surface area contributed by atoms with E-state index in [1.807, 2.05) is 0 Å². The number of piperidine rings is 1. The van der Waals surface area contributed by atoms with Crippen LogP contribution in [0.2, 0.25) is 0 Å². The molecule has 0 aromatic heterocycles. The Hall–Kier alpha value is -0.860. The number of likely N-dealkylation sites (tertiary alicyclic amines) is 1. The maximum Gasteiger partial charge on any atom is 0.0323 e. The van der Waals surface area contributed by atoms with Crippen molar-refractivity contribution >= 4 is 0 Å². The second-order valence-electron chi connectivity index (χ2n) is 6.42. The Kier molecular flexibility index (Phi) is 5.62. The average Bonchev–Trinajstić information content (AvgIpc) is 2.47. The fourth-order valence-electron chi connectivity index (χ4n) is 3.45. The number of nitrogens with two attached hydrogens (primary N) is 1. The largest absolute Gasteiger partial charge is 0.329 e. The Morgan fingerprint density at radius 2 is 2.00 bits per heavy atom. The van der Waals surface area contributed by atoms with Crippen molar-refractivity contribution in [3.05, 3.63) is 35.4 Å². The molecule has 0 saturated carbocycles. The maximum atomic E-state index is 5.99. The topological polar surface area (TPSA) is 29.3 Å². The molecule has 1 aromatic carbocycles. The van der Waals surface area contributed by atoms with Crippen LogP contribution >= 0.6 is 0 Å². The monoisotopic (exact) mass is 274 g/mol. The predicted molar refractivity (Wildman–Crippen MR) is 86.8 cm³/mol. The van der Waals surface area contributed by atoms with Crippen molar-refractivity contribution in [3.63, 3.8) is 0 Å². The van der Waals surface area contributed by atoms with Gasteiger partial charge in [-0.3, -0.25) is 4.90 Å². The molecule has 112 valence electrons. The first-order valence-corrected chi connectivity index (χ1v) is 8.20. The summed E-state index contributed by atoms with van der Waals surface area (Å²) in [4.78, 5) is 2.61. The number of rotatable bonds is 5. The maximum absolute atomic E-state index is 5.99. The van der Waals surface area contributed by atoms with Crippen LogP contribution in [0.1, 0.15) is 57.2 Å². The SMILES string of the molecule is CCCc1ccc(C(C)N2CCC(C)CC2CN)cc1. The third-order valence-electron chi connectivity index (χ3n) is 4.79. The third kappa shape index (κ3) is 3.62. The summed E-state index contributed by atoms with van der Waals surface area (Å²) in [6.45, 7) is 8.87. The highest BCUT2D eigenvalue weighted by molar-refractivity contribution is 5.25. The molecule has 0 radical (unpaired) electrons. The minimum atomic E-state index is 0.478. The van der Waals surface area contributed by atoms with Crippen LogP contribution in [0.15, 0.2) is 24.3 Å². The first kappa shape index (κ1) is 15.5. The molecule has 3 unspecified atom stereocenters. The molecule has 2 nitrogen and oxygen atoms in total. The molecule has 1 heterocycles. The van der Waals surface area contributed by atoms with E-state index >= 15 is 0 Å².